The van der Waals surface area contributed by atoms with Crippen molar-refractivity contribution in [1.29, 1.82) is 0 Å². The Morgan fingerprint density at radius 2 is 2.00 bits per heavy atom. The highest BCUT2D eigenvalue weighted by Crippen LogP contribution is 1.88. The van der Waals surface area contributed by atoms with Crippen LogP contribution in [0.25, 0.3) is 0 Å². The van der Waals surface area contributed by atoms with Gasteiger partial charge in [-0.1, -0.05) is 13.8 Å². The van der Waals surface area contributed by atoms with E-state index in [2.05, 4.69) is 15.2 Å². The molecule has 0 atom stereocenters. The maximum atomic E-state index is 5.24. The van der Waals surface area contributed by atoms with Gasteiger partial charge in [0.2, 0.25) is 0 Å². The molecule has 0 aliphatic heterocycles. The molecule has 0 aromatic carbocycles. The van der Waals surface area contributed by atoms with Crippen LogP contribution in [0.5, 0.6) is 0 Å². The molecule has 2 N–H and O–H groups in total. The van der Waals surface area contributed by atoms with Crippen molar-refractivity contribution in [3.8, 4) is 0 Å². The van der Waals surface area contributed by atoms with E-state index in [0.29, 0.717) is 11.6 Å². The van der Waals surface area contributed by atoms with Gasteiger partial charge in [0, 0.05) is 0 Å². The van der Waals surface area contributed by atoms with Gasteiger partial charge in [-0.2, -0.15) is 5.10 Å². The second-order valence-electron chi connectivity index (χ2n) is 1.43. The molecule has 1 rings (SSSR count). The first kappa shape index (κ1) is 8.81. The lowest BCUT2D eigenvalue weighted by Gasteiger charge is -1.88. The Bertz CT molecular complexity index is 170. The average Bonchev–Trinajstić information content (AvgIpc) is 1.91. The molecular weight excluding hydrogens is 128 g/mol. The maximum Gasteiger partial charge on any atom is 0.150 e. The van der Waals surface area contributed by atoms with Gasteiger partial charge >= 0.3 is 0 Å². The standard InChI is InChI=1S/C4H6N4.C2H6/c1-3-7-4(5)2-6-8-3;1-2/h2H,1H3,(H2,5,7,8);1-2H3. The van der Waals surface area contributed by atoms with Gasteiger partial charge in [0.25, 0.3) is 0 Å². The van der Waals surface area contributed by atoms with Gasteiger partial charge in [-0.25, -0.2) is 4.98 Å². The average molecular weight is 140 g/mol. The number of rotatable bonds is 0. The lowest BCUT2D eigenvalue weighted by atomic mass is 10.7. The lowest BCUT2D eigenvalue weighted by Crippen LogP contribution is -1.95. The normalized spacial score (nSPS) is 7.90. The van der Waals surface area contributed by atoms with Crippen molar-refractivity contribution in [2.24, 2.45) is 0 Å². The van der Waals surface area contributed by atoms with Crippen molar-refractivity contribution in [2.45, 2.75) is 20.8 Å². The number of nitrogen functional groups attached to an aromatic ring is 1. The minimum absolute atomic E-state index is 0.414. The second kappa shape index (κ2) is 4.67. The minimum Gasteiger partial charge on any atom is -0.382 e. The van der Waals surface area contributed by atoms with Crippen LogP contribution < -0.4 is 5.73 Å². The number of anilines is 1. The van der Waals surface area contributed by atoms with Gasteiger partial charge in [0.1, 0.15) is 11.6 Å². The van der Waals surface area contributed by atoms with Crippen LogP contribution in [0.3, 0.4) is 0 Å². The van der Waals surface area contributed by atoms with Gasteiger partial charge < -0.3 is 5.73 Å². The van der Waals surface area contributed by atoms with Crippen molar-refractivity contribution in [3.05, 3.63) is 12.0 Å². The molecule has 56 valence electrons. The van der Waals surface area contributed by atoms with Crippen LogP contribution in [-0.4, -0.2) is 15.2 Å². The first-order chi connectivity index (χ1) is 4.79. The monoisotopic (exact) mass is 140 g/mol. The Labute approximate surface area is 60.5 Å². The van der Waals surface area contributed by atoms with Crippen LogP contribution in [-0.2, 0) is 0 Å². The molecule has 0 aliphatic rings. The van der Waals surface area contributed by atoms with Crippen molar-refractivity contribution < 1.29 is 0 Å². The van der Waals surface area contributed by atoms with Crippen LogP contribution in [0.2, 0.25) is 0 Å². The number of nitrogens with zero attached hydrogens (tertiary/aromatic N) is 3. The maximum absolute atomic E-state index is 5.24. The van der Waals surface area contributed by atoms with E-state index in [1.54, 1.807) is 6.92 Å². The summed E-state index contributed by atoms with van der Waals surface area (Å²) < 4.78 is 0. The van der Waals surface area contributed by atoms with Crippen molar-refractivity contribution in [3.63, 3.8) is 0 Å². The van der Waals surface area contributed by atoms with Gasteiger partial charge in [-0.15, -0.1) is 5.10 Å². The number of aromatic nitrogens is 3. The molecule has 0 amide bonds. The summed E-state index contributed by atoms with van der Waals surface area (Å²) in [5.41, 5.74) is 5.24. The summed E-state index contributed by atoms with van der Waals surface area (Å²) in [4.78, 5) is 3.78. The van der Waals surface area contributed by atoms with E-state index in [0.717, 1.165) is 0 Å². The molecule has 4 heteroatoms. The molecule has 10 heavy (non-hydrogen) atoms. The topological polar surface area (TPSA) is 64.7 Å². The second-order valence-corrected chi connectivity index (χ2v) is 1.43. The molecule has 1 heterocycles. The predicted octanol–water partition coefficient (Wildman–Crippen LogP) is 0.788. The number of hydrogen-bond acceptors (Lipinski definition) is 4. The first-order valence-electron chi connectivity index (χ1n) is 3.21. The smallest absolute Gasteiger partial charge is 0.150 e. The van der Waals surface area contributed by atoms with Crippen LogP contribution >= 0.6 is 0 Å². The fourth-order valence-electron chi connectivity index (χ4n) is 0.410. The van der Waals surface area contributed by atoms with Crippen molar-refractivity contribution >= 4 is 5.82 Å². The molecular formula is C6H12N4. The number of nitrogens with two attached hydrogens (primary N) is 1. The Balaban J connectivity index is 0.000000371. The summed E-state index contributed by atoms with van der Waals surface area (Å²) in [5, 5.41) is 7.15. The quantitative estimate of drug-likeness (QED) is 0.578. The molecule has 0 aliphatic carbocycles. The van der Waals surface area contributed by atoms with Gasteiger partial charge in [0.05, 0.1) is 6.20 Å². The number of aryl methyl sites for hydroxylation is 1. The Morgan fingerprint density at radius 3 is 2.30 bits per heavy atom. The SMILES string of the molecule is CC.Cc1nncc(N)n1. The Kier molecular flexibility index (Phi) is 4.11. The van der Waals surface area contributed by atoms with Crippen LogP contribution in [0.4, 0.5) is 5.82 Å². The highest BCUT2D eigenvalue weighted by atomic mass is 15.2. The molecule has 0 radical (unpaired) electrons. The van der Waals surface area contributed by atoms with E-state index in [1.165, 1.54) is 6.20 Å². The summed E-state index contributed by atoms with van der Waals surface area (Å²) in [6.07, 6.45) is 1.41. The van der Waals surface area contributed by atoms with Crippen molar-refractivity contribution in [2.75, 3.05) is 5.73 Å². The molecule has 4 nitrogen and oxygen atoms in total. The molecule has 1 aromatic rings. The van der Waals surface area contributed by atoms with E-state index in [9.17, 15) is 0 Å². The highest BCUT2D eigenvalue weighted by molar-refractivity contribution is 5.20. The molecule has 0 spiro atoms. The lowest BCUT2D eigenvalue weighted by molar-refractivity contribution is 0.914. The minimum atomic E-state index is 0.414. The zero-order valence-corrected chi connectivity index (χ0v) is 6.50. The summed E-state index contributed by atoms with van der Waals surface area (Å²) in [7, 11) is 0. The Morgan fingerprint density at radius 1 is 1.40 bits per heavy atom. The largest absolute Gasteiger partial charge is 0.382 e. The third-order valence-corrected chi connectivity index (χ3v) is 0.683. The van der Waals surface area contributed by atoms with Gasteiger partial charge in [-0.3, -0.25) is 0 Å². The van der Waals surface area contributed by atoms with E-state index in [1.807, 2.05) is 13.8 Å². The van der Waals surface area contributed by atoms with Crippen LogP contribution in [0.1, 0.15) is 19.7 Å². The molecule has 0 saturated heterocycles. The summed E-state index contributed by atoms with van der Waals surface area (Å²) >= 11 is 0. The molecule has 0 fully saturated rings. The zero-order chi connectivity index (χ0) is 7.98. The highest BCUT2D eigenvalue weighted by Gasteiger charge is 1.85. The Hall–Kier alpha value is -1.19. The molecule has 1 aromatic heterocycles. The van der Waals surface area contributed by atoms with Crippen LogP contribution in [0, 0.1) is 6.92 Å². The zero-order valence-electron chi connectivity index (χ0n) is 6.50. The molecule has 0 unspecified atom stereocenters. The van der Waals surface area contributed by atoms with E-state index >= 15 is 0 Å². The van der Waals surface area contributed by atoms with Crippen molar-refractivity contribution in [1.82, 2.24) is 15.2 Å². The summed E-state index contributed by atoms with van der Waals surface area (Å²) in [5.74, 6) is 1.02. The first-order valence-corrected chi connectivity index (χ1v) is 3.21. The third-order valence-electron chi connectivity index (χ3n) is 0.683. The molecule has 0 saturated carbocycles. The van der Waals surface area contributed by atoms with E-state index in [-0.39, 0.29) is 0 Å². The van der Waals surface area contributed by atoms with Gasteiger partial charge in [0.15, 0.2) is 0 Å². The summed E-state index contributed by atoms with van der Waals surface area (Å²) in [6, 6.07) is 0. The third kappa shape index (κ3) is 2.96. The van der Waals surface area contributed by atoms with E-state index in [4.69, 9.17) is 5.73 Å². The predicted molar refractivity (Wildman–Crippen MR) is 40.3 cm³/mol. The fraction of sp³-hybridized carbons (Fsp3) is 0.500. The fourth-order valence-corrected chi connectivity index (χ4v) is 0.410. The van der Waals surface area contributed by atoms with E-state index < -0.39 is 0 Å². The number of hydrogen-bond donors (Lipinski definition) is 1. The van der Waals surface area contributed by atoms with Crippen LogP contribution in [0.15, 0.2) is 6.20 Å². The summed E-state index contributed by atoms with van der Waals surface area (Å²) in [6.45, 7) is 5.74. The van der Waals surface area contributed by atoms with Gasteiger partial charge in [-0.05, 0) is 6.92 Å². The molecule has 0 bridgehead atoms.